The van der Waals surface area contributed by atoms with E-state index in [9.17, 15) is 39.9 Å². The van der Waals surface area contributed by atoms with Crippen molar-refractivity contribution in [2.24, 2.45) is 28.8 Å². The highest BCUT2D eigenvalue weighted by Gasteiger charge is 2.50. The maximum atomic E-state index is 14.7. The second kappa shape index (κ2) is 21.2. The maximum Gasteiger partial charge on any atom is 0.312 e. The smallest absolute Gasteiger partial charge is 0.312 e. The van der Waals surface area contributed by atoms with Gasteiger partial charge < -0.3 is 54.5 Å². The molecule has 1 saturated heterocycles. The average Bonchev–Trinajstić information content (AvgIpc) is 3.57. The molecule has 0 radical (unpaired) electrons. The molecule has 4 aliphatic rings. The summed E-state index contributed by atoms with van der Waals surface area (Å²) >= 11 is 0. The van der Waals surface area contributed by atoms with Crippen LogP contribution in [-0.2, 0) is 30.3 Å². The van der Waals surface area contributed by atoms with E-state index in [-0.39, 0.29) is 56.6 Å². The molecule has 0 aromatic heterocycles. The lowest BCUT2D eigenvalue weighted by atomic mass is 9.78. The average molecular weight is 957 g/mol. The number of methoxy groups -OCH3 is 2. The van der Waals surface area contributed by atoms with Gasteiger partial charge in [-0.2, -0.15) is 5.10 Å². The van der Waals surface area contributed by atoms with Crippen molar-refractivity contribution < 1.29 is 63.6 Å². The number of rotatable bonds is 7. The number of esters is 1. The van der Waals surface area contributed by atoms with Gasteiger partial charge in [-0.3, -0.25) is 24.3 Å². The number of phenolic OH excluding ortho intramolecular Hbond substituents is 3. The van der Waals surface area contributed by atoms with Gasteiger partial charge in [0, 0.05) is 80.8 Å². The molecule has 5 bridgehead atoms. The van der Waals surface area contributed by atoms with Gasteiger partial charge in [0.05, 0.1) is 72.2 Å². The topological polar surface area (TPSA) is 229 Å². The normalized spacial score (nSPS) is 31.2. The number of amides is 1. The van der Waals surface area contributed by atoms with E-state index in [1.807, 2.05) is 43.1 Å². The Morgan fingerprint density at radius 3 is 2.16 bits per heavy atom. The number of nitrogens with one attached hydrogen (secondary N) is 1. The minimum absolute atomic E-state index is 0.0446. The number of carbonyl (C=O) groups is 3. The highest BCUT2D eigenvalue weighted by Crippen LogP contribution is 2.55. The lowest BCUT2D eigenvalue weighted by Crippen LogP contribution is -2.54. The number of Topliss-reactive ketones (excluding diaryl/α,β-unsaturated/α-hetero) is 1. The molecular weight excluding hydrogens is 889 g/mol. The highest BCUT2D eigenvalue weighted by atomic mass is 16.7. The predicted molar refractivity (Wildman–Crippen MR) is 260 cm³/mol. The quantitative estimate of drug-likeness (QED) is 0.0627. The second-order valence-corrected chi connectivity index (χ2v) is 19.0. The molecule has 1 amide bonds. The van der Waals surface area contributed by atoms with Crippen molar-refractivity contribution in [3.63, 3.8) is 0 Å². The lowest BCUT2D eigenvalue weighted by molar-refractivity contribution is -0.160. The summed E-state index contributed by atoms with van der Waals surface area (Å²) in [5.41, 5.74) is 0.686. The van der Waals surface area contributed by atoms with Gasteiger partial charge in [-0.1, -0.05) is 58.1 Å². The number of hydrogen-bond acceptors (Lipinski definition) is 16. The number of benzene rings is 3. The van der Waals surface area contributed by atoms with Crippen LogP contribution in [0.4, 0.5) is 5.69 Å². The van der Waals surface area contributed by atoms with Crippen LogP contribution in [0.1, 0.15) is 89.4 Å². The molecular formula is C52H68N4O13. The van der Waals surface area contributed by atoms with Gasteiger partial charge >= 0.3 is 11.8 Å². The molecule has 1 fully saturated rings. The van der Waals surface area contributed by atoms with Gasteiger partial charge in [0.25, 0.3) is 11.7 Å². The van der Waals surface area contributed by atoms with Crippen LogP contribution in [0.25, 0.3) is 10.8 Å². The third kappa shape index (κ3) is 10.6. The fraction of sp³-hybridized carbons (Fsp3) is 0.500. The van der Waals surface area contributed by atoms with Gasteiger partial charge in [-0.25, -0.2) is 0 Å². The summed E-state index contributed by atoms with van der Waals surface area (Å²) in [5, 5.41) is 68.2. The predicted octanol–water partition coefficient (Wildman–Crippen LogP) is 6.69. The van der Waals surface area contributed by atoms with Crippen LogP contribution in [0, 0.1) is 30.6 Å². The number of nitrogens with zero attached hydrogens (tertiary/aromatic N) is 3. The Morgan fingerprint density at radius 2 is 1.55 bits per heavy atom. The minimum atomic E-state index is -2.07. The van der Waals surface area contributed by atoms with E-state index < -0.39 is 88.8 Å². The number of hydrazone groups is 1. The Balaban J connectivity index is 1.47. The molecule has 17 heteroatoms. The zero-order valence-corrected chi connectivity index (χ0v) is 41.5. The fourth-order valence-electron chi connectivity index (χ4n) is 9.77. The molecule has 69 heavy (non-hydrogen) atoms. The largest absolute Gasteiger partial charge is 0.507 e. The van der Waals surface area contributed by atoms with Crippen LogP contribution >= 0.6 is 0 Å². The Morgan fingerprint density at radius 1 is 0.899 bits per heavy atom. The molecule has 0 aliphatic carbocycles. The van der Waals surface area contributed by atoms with Crippen molar-refractivity contribution in [3.8, 4) is 28.7 Å². The van der Waals surface area contributed by atoms with Crippen molar-refractivity contribution in [1.82, 2.24) is 9.91 Å². The Labute approximate surface area is 403 Å². The van der Waals surface area contributed by atoms with Crippen molar-refractivity contribution in [1.29, 1.82) is 0 Å². The third-order valence-electron chi connectivity index (χ3n) is 13.9. The van der Waals surface area contributed by atoms with Crippen LogP contribution in [0.5, 0.6) is 28.7 Å². The molecule has 4 aliphatic heterocycles. The zero-order valence-electron chi connectivity index (χ0n) is 41.5. The van der Waals surface area contributed by atoms with Gasteiger partial charge in [-0.15, -0.1) is 0 Å². The third-order valence-corrected chi connectivity index (χ3v) is 13.9. The van der Waals surface area contributed by atoms with Crippen LogP contribution in [0.3, 0.4) is 0 Å². The number of fused-ring (bicyclic) bond motifs is 14. The van der Waals surface area contributed by atoms with Gasteiger partial charge in [0.2, 0.25) is 0 Å². The number of piperazine rings is 1. The summed E-state index contributed by atoms with van der Waals surface area (Å²) in [4.78, 5) is 43.4. The van der Waals surface area contributed by atoms with Crippen molar-refractivity contribution in [2.75, 3.05) is 32.6 Å². The van der Waals surface area contributed by atoms with E-state index in [0.29, 0.717) is 19.6 Å². The van der Waals surface area contributed by atoms with E-state index in [0.717, 1.165) is 11.3 Å². The Kier molecular flexibility index (Phi) is 16.1. The number of phenols is 3. The van der Waals surface area contributed by atoms with Gasteiger partial charge in [0.1, 0.15) is 29.1 Å². The summed E-state index contributed by atoms with van der Waals surface area (Å²) in [5.74, 6) is -7.76. The van der Waals surface area contributed by atoms with Crippen LogP contribution < -0.4 is 14.8 Å². The summed E-state index contributed by atoms with van der Waals surface area (Å²) in [6.45, 7) is 18.5. The van der Waals surface area contributed by atoms with Gasteiger partial charge in [0.15, 0.2) is 5.75 Å². The first-order valence-electron chi connectivity index (χ1n) is 23.3. The second-order valence-electron chi connectivity index (χ2n) is 19.0. The SMILES string of the molecule is COc1ccc(CN2CC(C)N(N=Cc3c4c(O)c5c(O)c(C)c6c(c5c3O)C(=O)C(C)(O/C=C/C(OC)C(C)C(OC(C)=O)C(C)C(O)C(C)C(O)C(C)/C=C/C=C(\C)C(=O)N4)O6)C(C)C2)cc1. The van der Waals surface area contributed by atoms with Gasteiger partial charge in [-0.05, 0) is 51.5 Å². The zero-order chi connectivity index (χ0) is 50.8. The Hall–Kier alpha value is -6.14. The number of allylic oxidation sites excluding steroid dienone is 2. The first-order valence-corrected chi connectivity index (χ1v) is 23.3. The monoisotopic (exact) mass is 956 g/mol. The minimum Gasteiger partial charge on any atom is -0.507 e. The molecule has 11 unspecified atom stereocenters. The lowest BCUT2D eigenvalue weighted by Gasteiger charge is -2.42. The van der Waals surface area contributed by atoms with E-state index in [4.69, 9.17) is 28.8 Å². The summed E-state index contributed by atoms with van der Waals surface area (Å²) < 4.78 is 29.1. The van der Waals surface area contributed by atoms with E-state index in [1.165, 1.54) is 59.4 Å². The number of aliphatic hydroxyl groups excluding tert-OH is 2. The Bertz CT molecular complexity index is 2530. The van der Waals surface area contributed by atoms with Crippen LogP contribution in [-0.4, -0.2) is 129 Å². The molecule has 374 valence electrons. The molecule has 7 rings (SSSR count). The fourth-order valence-corrected chi connectivity index (χ4v) is 9.77. The van der Waals surface area contributed by atoms with Crippen molar-refractivity contribution >= 4 is 40.3 Å². The molecule has 11 atom stereocenters. The molecule has 3 aromatic rings. The molecule has 3 aromatic carbocycles. The first kappa shape index (κ1) is 52.2. The number of aliphatic hydroxyl groups is 2. The first-order chi connectivity index (χ1) is 32.5. The molecule has 4 heterocycles. The van der Waals surface area contributed by atoms with E-state index in [2.05, 4.69) is 10.2 Å². The van der Waals surface area contributed by atoms with Crippen LogP contribution in [0.15, 0.2) is 65.5 Å². The highest BCUT2D eigenvalue weighted by molar-refractivity contribution is 6.23. The number of hydrogen-bond donors (Lipinski definition) is 6. The maximum absolute atomic E-state index is 14.7. The van der Waals surface area contributed by atoms with Crippen LogP contribution in [0.2, 0.25) is 0 Å². The number of anilines is 1. The molecule has 0 spiro atoms. The number of aromatic hydroxyl groups is 3. The summed E-state index contributed by atoms with van der Waals surface area (Å²) in [7, 11) is 3.06. The van der Waals surface area contributed by atoms with E-state index in [1.54, 1.807) is 47.0 Å². The standard InChI is InChI=1S/C52H68N4O13/c1-26-14-13-15-27(2)51(64)54-42-37(22-53-56-28(3)23-55(24-29(56)4)25-35-16-18-36(65-11)19-17-35)46(61)39-40(47(42)62)45(60)33(8)49-41(39)50(63)52(10,69-49)67-21-20-38(66-12)30(5)48(68-34(9)57)32(7)44(59)31(6)43(26)58/h13-22,26,28-32,38,43-44,48,58-62H,23-25H2,1-12H3,(H,54,64)/b14-13+,21-20+,27-15+,53-22?. The summed E-state index contributed by atoms with van der Waals surface area (Å²) in [6, 6.07) is 7.62. The van der Waals surface area contributed by atoms with E-state index >= 15 is 0 Å². The molecule has 17 nitrogen and oxygen atoms in total. The molecule has 0 saturated carbocycles. The number of ketones is 1. The molecule has 6 N–H and O–H groups in total. The summed E-state index contributed by atoms with van der Waals surface area (Å²) in [6.07, 6.45) is 4.84. The number of carbonyl (C=O) groups excluding carboxylic acids is 3. The number of ether oxygens (including phenoxy) is 5. The van der Waals surface area contributed by atoms with Crippen molar-refractivity contribution in [3.05, 3.63) is 82.7 Å². The van der Waals surface area contributed by atoms with Crippen molar-refractivity contribution in [2.45, 2.75) is 118 Å².